The predicted octanol–water partition coefficient (Wildman–Crippen LogP) is 3.82. The minimum Gasteiger partial charge on any atom is -0.369 e. The van der Waals surface area contributed by atoms with Crippen molar-refractivity contribution in [3.05, 3.63) is 30.3 Å². The highest BCUT2D eigenvalue weighted by Crippen LogP contribution is 2.27. The van der Waals surface area contributed by atoms with E-state index < -0.39 is 0 Å². The van der Waals surface area contributed by atoms with Crippen molar-refractivity contribution in [3.63, 3.8) is 0 Å². The number of nitrogens with zero attached hydrogens (tertiary/aromatic N) is 1. The van der Waals surface area contributed by atoms with E-state index in [0.29, 0.717) is 0 Å². The summed E-state index contributed by atoms with van der Waals surface area (Å²) >= 11 is 0. The molecule has 0 saturated heterocycles. The van der Waals surface area contributed by atoms with Gasteiger partial charge in [-0.1, -0.05) is 31.5 Å². The van der Waals surface area contributed by atoms with E-state index in [2.05, 4.69) is 54.5 Å². The molecule has 1 aromatic rings. The lowest BCUT2D eigenvalue weighted by Gasteiger charge is -2.38. The van der Waals surface area contributed by atoms with Crippen molar-refractivity contribution in [2.75, 3.05) is 18.5 Å². The molecule has 1 aliphatic carbocycles. The van der Waals surface area contributed by atoms with Crippen LogP contribution in [0.4, 0.5) is 5.69 Å². The van der Waals surface area contributed by atoms with E-state index in [1.807, 2.05) is 0 Å². The first-order chi connectivity index (χ1) is 9.35. The Morgan fingerprint density at radius 2 is 1.79 bits per heavy atom. The van der Waals surface area contributed by atoms with Crippen LogP contribution >= 0.6 is 0 Å². The Hall–Kier alpha value is -1.02. The zero-order valence-corrected chi connectivity index (χ0v) is 12.4. The summed E-state index contributed by atoms with van der Waals surface area (Å²) in [6.45, 7) is 3.48. The van der Waals surface area contributed by atoms with E-state index in [9.17, 15) is 0 Å². The van der Waals surface area contributed by atoms with Gasteiger partial charge < -0.3 is 10.2 Å². The summed E-state index contributed by atoms with van der Waals surface area (Å²) < 4.78 is 0. The molecule has 2 heteroatoms. The van der Waals surface area contributed by atoms with Crippen molar-refractivity contribution in [1.29, 1.82) is 0 Å². The molecule has 0 bridgehead atoms. The van der Waals surface area contributed by atoms with Crippen molar-refractivity contribution >= 4 is 5.69 Å². The molecule has 1 aromatic carbocycles. The summed E-state index contributed by atoms with van der Waals surface area (Å²) in [5.74, 6) is 0. The predicted molar refractivity (Wildman–Crippen MR) is 83.8 cm³/mol. The molecule has 2 rings (SSSR count). The molecule has 2 nitrogen and oxygen atoms in total. The van der Waals surface area contributed by atoms with E-state index in [0.717, 1.165) is 12.1 Å². The van der Waals surface area contributed by atoms with Crippen molar-refractivity contribution in [3.8, 4) is 0 Å². The Labute approximate surface area is 118 Å². The first kappa shape index (κ1) is 14.4. The van der Waals surface area contributed by atoms with Crippen molar-refractivity contribution in [1.82, 2.24) is 5.32 Å². The van der Waals surface area contributed by atoms with Gasteiger partial charge in [0.25, 0.3) is 0 Å². The SMILES string of the molecule is CCCCN(c1ccccc1)C1CCC(NC)CC1. The molecule has 1 N–H and O–H groups in total. The molecule has 1 aliphatic rings. The minimum absolute atomic E-state index is 0.735. The quantitative estimate of drug-likeness (QED) is 0.836. The number of nitrogens with one attached hydrogen (secondary N) is 1. The first-order valence-corrected chi connectivity index (χ1v) is 7.84. The highest BCUT2D eigenvalue weighted by atomic mass is 15.2. The molecule has 19 heavy (non-hydrogen) atoms. The van der Waals surface area contributed by atoms with Gasteiger partial charge in [-0.25, -0.2) is 0 Å². The van der Waals surface area contributed by atoms with Gasteiger partial charge in [0.2, 0.25) is 0 Å². The molecular formula is C17H28N2. The Morgan fingerprint density at radius 3 is 2.37 bits per heavy atom. The van der Waals surface area contributed by atoms with Crippen molar-refractivity contribution in [2.24, 2.45) is 0 Å². The normalized spacial score (nSPS) is 23.3. The number of unbranched alkanes of at least 4 members (excludes halogenated alkanes) is 1. The molecule has 0 unspecified atom stereocenters. The standard InChI is InChI=1S/C17H28N2/c1-3-4-14-19(16-8-6-5-7-9-16)17-12-10-15(18-2)11-13-17/h5-9,15,17-18H,3-4,10-14H2,1-2H3. The third-order valence-corrected chi connectivity index (χ3v) is 4.39. The lowest BCUT2D eigenvalue weighted by molar-refractivity contribution is 0.343. The van der Waals surface area contributed by atoms with E-state index in [4.69, 9.17) is 0 Å². The smallest absolute Gasteiger partial charge is 0.0368 e. The van der Waals surface area contributed by atoms with Gasteiger partial charge in [-0.05, 0) is 51.3 Å². The van der Waals surface area contributed by atoms with Crippen molar-refractivity contribution in [2.45, 2.75) is 57.5 Å². The van der Waals surface area contributed by atoms with Gasteiger partial charge >= 0.3 is 0 Å². The summed E-state index contributed by atoms with van der Waals surface area (Å²) in [4.78, 5) is 2.65. The van der Waals surface area contributed by atoms with Gasteiger partial charge in [-0.3, -0.25) is 0 Å². The summed E-state index contributed by atoms with van der Waals surface area (Å²) in [5.41, 5.74) is 1.41. The Morgan fingerprint density at radius 1 is 1.11 bits per heavy atom. The van der Waals surface area contributed by atoms with Gasteiger partial charge in [0, 0.05) is 24.3 Å². The first-order valence-electron chi connectivity index (χ1n) is 7.84. The number of hydrogen-bond donors (Lipinski definition) is 1. The molecule has 106 valence electrons. The van der Waals surface area contributed by atoms with Crippen LogP contribution in [0.5, 0.6) is 0 Å². The Kier molecular flexibility index (Phi) is 5.71. The molecular weight excluding hydrogens is 232 g/mol. The van der Waals surface area contributed by atoms with Crippen LogP contribution in [0.15, 0.2) is 30.3 Å². The fraction of sp³-hybridized carbons (Fsp3) is 0.647. The van der Waals surface area contributed by atoms with Gasteiger partial charge in [0.05, 0.1) is 0 Å². The van der Waals surface area contributed by atoms with E-state index in [1.54, 1.807) is 0 Å². The number of anilines is 1. The van der Waals surface area contributed by atoms with Crippen LogP contribution in [-0.2, 0) is 0 Å². The maximum atomic E-state index is 3.43. The average Bonchev–Trinajstić information content (AvgIpc) is 2.49. The molecule has 0 spiro atoms. The summed E-state index contributed by atoms with van der Waals surface area (Å²) in [6, 6.07) is 12.4. The number of rotatable bonds is 6. The zero-order chi connectivity index (χ0) is 13.5. The molecule has 0 amide bonds. The van der Waals surface area contributed by atoms with Gasteiger partial charge in [-0.15, -0.1) is 0 Å². The van der Waals surface area contributed by atoms with Crippen LogP contribution in [0, 0.1) is 0 Å². The van der Waals surface area contributed by atoms with Gasteiger partial charge in [-0.2, -0.15) is 0 Å². The summed E-state index contributed by atoms with van der Waals surface area (Å²) in [7, 11) is 2.09. The highest BCUT2D eigenvalue weighted by molar-refractivity contribution is 5.47. The van der Waals surface area contributed by atoms with Crippen molar-refractivity contribution < 1.29 is 0 Å². The monoisotopic (exact) mass is 260 g/mol. The third-order valence-electron chi connectivity index (χ3n) is 4.39. The Balaban J connectivity index is 2.02. The van der Waals surface area contributed by atoms with Crippen LogP contribution < -0.4 is 10.2 Å². The molecule has 1 saturated carbocycles. The maximum absolute atomic E-state index is 3.43. The largest absolute Gasteiger partial charge is 0.369 e. The van der Waals surface area contributed by atoms with Crippen LogP contribution in [0.3, 0.4) is 0 Å². The Bertz CT molecular complexity index is 342. The van der Waals surface area contributed by atoms with Crippen LogP contribution in [0.25, 0.3) is 0 Å². The van der Waals surface area contributed by atoms with E-state index >= 15 is 0 Å². The zero-order valence-electron chi connectivity index (χ0n) is 12.4. The summed E-state index contributed by atoms with van der Waals surface area (Å²) in [6.07, 6.45) is 7.84. The maximum Gasteiger partial charge on any atom is 0.0368 e. The lowest BCUT2D eigenvalue weighted by Crippen LogP contribution is -2.42. The molecule has 1 fully saturated rings. The number of benzene rings is 1. The number of hydrogen-bond acceptors (Lipinski definition) is 2. The van der Waals surface area contributed by atoms with Crippen LogP contribution in [0.2, 0.25) is 0 Å². The second-order valence-corrected chi connectivity index (χ2v) is 5.68. The van der Waals surface area contributed by atoms with E-state index in [-0.39, 0.29) is 0 Å². The molecule has 0 heterocycles. The third kappa shape index (κ3) is 3.97. The van der Waals surface area contributed by atoms with Gasteiger partial charge in [0.15, 0.2) is 0 Å². The minimum atomic E-state index is 0.735. The topological polar surface area (TPSA) is 15.3 Å². The second-order valence-electron chi connectivity index (χ2n) is 5.68. The highest BCUT2D eigenvalue weighted by Gasteiger charge is 2.24. The molecule has 0 aliphatic heterocycles. The molecule has 0 radical (unpaired) electrons. The van der Waals surface area contributed by atoms with Crippen LogP contribution in [0.1, 0.15) is 45.4 Å². The fourth-order valence-electron chi connectivity index (χ4n) is 3.15. The van der Waals surface area contributed by atoms with Crippen LogP contribution in [-0.4, -0.2) is 25.7 Å². The van der Waals surface area contributed by atoms with Gasteiger partial charge in [0.1, 0.15) is 0 Å². The number of para-hydroxylation sites is 1. The lowest BCUT2D eigenvalue weighted by atomic mass is 9.90. The molecule has 0 atom stereocenters. The molecule has 0 aromatic heterocycles. The van der Waals surface area contributed by atoms with E-state index in [1.165, 1.54) is 50.8 Å². The second kappa shape index (κ2) is 7.54. The fourth-order valence-corrected chi connectivity index (χ4v) is 3.15. The summed E-state index contributed by atoms with van der Waals surface area (Å²) in [5, 5.41) is 3.43. The average molecular weight is 260 g/mol.